The van der Waals surface area contributed by atoms with Crippen molar-refractivity contribution in [3.05, 3.63) is 57.8 Å². The normalized spacial score (nSPS) is 10.7. The molecule has 8 heteroatoms. The maximum atomic E-state index is 12.0. The van der Waals surface area contributed by atoms with Gasteiger partial charge in [-0.15, -0.1) is 0 Å². The fourth-order valence-electron chi connectivity index (χ4n) is 2.06. The lowest BCUT2D eigenvalue weighted by Crippen LogP contribution is -2.15. The van der Waals surface area contributed by atoms with Gasteiger partial charge in [0.1, 0.15) is 5.75 Å². The van der Waals surface area contributed by atoms with Crippen molar-refractivity contribution >= 4 is 45.9 Å². The highest BCUT2D eigenvalue weighted by molar-refractivity contribution is 7.99. The van der Waals surface area contributed by atoms with Crippen molar-refractivity contribution in [1.82, 2.24) is 9.97 Å². The number of H-pyrrole nitrogens is 1. The number of nitrogens with zero attached hydrogens (tertiary/aromatic N) is 1. The predicted molar refractivity (Wildman–Crippen MR) is 94.8 cm³/mol. The fraction of sp³-hybridized carbons (Fsp3) is 0.0625. The first-order valence-corrected chi connectivity index (χ1v) is 8.29. The number of aromatic hydroxyl groups is 1. The molecule has 0 unspecified atom stereocenters. The van der Waals surface area contributed by atoms with Crippen LogP contribution in [0.3, 0.4) is 0 Å². The molecule has 1 heterocycles. The zero-order valence-electron chi connectivity index (χ0n) is 12.2. The number of phenolic OH excluding ortho intramolecular Hbond substituents is 1. The van der Waals surface area contributed by atoms with Gasteiger partial charge in [0.15, 0.2) is 5.16 Å². The monoisotopic (exact) mass is 361 g/mol. The van der Waals surface area contributed by atoms with E-state index in [-0.39, 0.29) is 28.7 Å². The maximum absolute atomic E-state index is 12.0. The van der Waals surface area contributed by atoms with E-state index in [1.807, 2.05) is 0 Å². The molecular weight excluding hydrogens is 350 g/mol. The maximum Gasteiger partial charge on any atom is 0.259 e. The fourth-order valence-corrected chi connectivity index (χ4v) is 2.90. The van der Waals surface area contributed by atoms with Crippen LogP contribution in [-0.2, 0) is 4.79 Å². The molecular formula is C16H12ClN3O3S. The molecule has 0 aliphatic rings. The molecule has 6 nitrogen and oxygen atoms in total. The molecule has 0 bridgehead atoms. The number of anilines is 1. The first-order chi connectivity index (χ1) is 11.5. The summed E-state index contributed by atoms with van der Waals surface area (Å²) in [4.78, 5) is 30.9. The van der Waals surface area contributed by atoms with Crippen LogP contribution in [0.4, 0.5) is 5.69 Å². The highest BCUT2D eigenvalue weighted by Gasteiger charge is 2.10. The van der Waals surface area contributed by atoms with Crippen LogP contribution >= 0.6 is 23.4 Å². The lowest BCUT2D eigenvalue weighted by Gasteiger charge is -2.07. The van der Waals surface area contributed by atoms with Crippen molar-refractivity contribution in [1.29, 1.82) is 0 Å². The molecule has 0 saturated carbocycles. The van der Waals surface area contributed by atoms with E-state index in [1.165, 1.54) is 12.1 Å². The van der Waals surface area contributed by atoms with Crippen molar-refractivity contribution in [2.45, 2.75) is 5.16 Å². The van der Waals surface area contributed by atoms with Crippen molar-refractivity contribution in [2.75, 3.05) is 11.1 Å². The standard InChI is InChI=1S/C16H12ClN3O3S/c17-9-5-6-12(13(21)7-9)18-14(22)8-24-16-19-11-4-2-1-3-10(11)15(23)20-16/h1-7,21H,8H2,(H,18,22)(H,19,20,23). The highest BCUT2D eigenvalue weighted by atomic mass is 35.5. The van der Waals surface area contributed by atoms with Crippen molar-refractivity contribution in [2.24, 2.45) is 0 Å². The lowest BCUT2D eigenvalue weighted by molar-refractivity contribution is -0.113. The minimum absolute atomic E-state index is 0.0311. The third-order valence-corrected chi connectivity index (χ3v) is 4.27. The van der Waals surface area contributed by atoms with Crippen molar-refractivity contribution in [3.63, 3.8) is 0 Å². The van der Waals surface area contributed by atoms with Crippen LogP contribution in [0, 0.1) is 0 Å². The minimum atomic E-state index is -0.339. The minimum Gasteiger partial charge on any atom is -0.506 e. The Morgan fingerprint density at radius 3 is 2.88 bits per heavy atom. The van der Waals surface area contributed by atoms with Gasteiger partial charge in [0.2, 0.25) is 5.91 Å². The number of hydrogen-bond donors (Lipinski definition) is 3. The van der Waals surface area contributed by atoms with Crippen LogP contribution in [0.15, 0.2) is 52.4 Å². The zero-order chi connectivity index (χ0) is 17.1. The molecule has 2 aromatic carbocycles. The van der Waals surface area contributed by atoms with Gasteiger partial charge >= 0.3 is 0 Å². The number of fused-ring (bicyclic) bond motifs is 1. The molecule has 0 radical (unpaired) electrons. The summed E-state index contributed by atoms with van der Waals surface area (Å²) >= 11 is 6.84. The Morgan fingerprint density at radius 2 is 2.08 bits per heavy atom. The SMILES string of the molecule is O=C(CSc1nc2ccccc2c(=O)[nH]1)Nc1ccc(Cl)cc1O. The molecule has 3 rings (SSSR count). The molecule has 0 aliphatic carbocycles. The van der Waals surface area contributed by atoms with Gasteiger partial charge in [0.05, 0.1) is 22.3 Å². The topological polar surface area (TPSA) is 95.1 Å². The first-order valence-electron chi connectivity index (χ1n) is 6.93. The summed E-state index contributed by atoms with van der Waals surface area (Å²) in [5, 5.41) is 13.5. The first kappa shape index (κ1) is 16.4. The summed E-state index contributed by atoms with van der Waals surface area (Å²) in [6.45, 7) is 0. The smallest absolute Gasteiger partial charge is 0.259 e. The van der Waals surface area contributed by atoms with Crippen LogP contribution in [0.1, 0.15) is 0 Å². The summed E-state index contributed by atoms with van der Waals surface area (Å²) in [7, 11) is 0. The van der Waals surface area contributed by atoms with Gasteiger partial charge in [-0.1, -0.05) is 35.5 Å². The number of thioether (sulfide) groups is 1. The van der Waals surface area contributed by atoms with Crippen LogP contribution in [0.5, 0.6) is 5.75 Å². The number of nitrogens with one attached hydrogen (secondary N) is 2. The average molecular weight is 362 g/mol. The third-order valence-electron chi connectivity index (χ3n) is 3.16. The van der Waals surface area contributed by atoms with E-state index in [9.17, 15) is 14.7 Å². The summed E-state index contributed by atoms with van der Waals surface area (Å²) in [6, 6.07) is 11.4. The van der Waals surface area contributed by atoms with Crippen LogP contribution in [0.25, 0.3) is 10.9 Å². The Balaban J connectivity index is 1.69. The summed E-state index contributed by atoms with van der Waals surface area (Å²) in [5.74, 6) is -0.421. The molecule has 122 valence electrons. The van der Waals surface area contributed by atoms with Gasteiger partial charge in [-0.05, 0) is 24.3 Å². The Bertz CT molecular complexity index is 974. The van der Waals surface area contributed by atoms with Crippen molar-refractivity contribution in [3.8, 4) is 5.75 Å². The molecule has 0 spiro atoms. The number of phenols is 1. The number of carbonyl (C=O) groups excluding carboxylic acids is 1. The second-order valence-corrected chi connectivity index (χ2v) is 6.29. The summed E-state index contributed by atoms with van der Waals surface area (Å²) in [5.41, 5.74) is 0.586. The summed E-state index contributed by atoms with van der Waals surface area (Å²) in [6.07, 6.45) is 0. The Kier molecular flexibility index (Phi) is 4.73. The number of aromatic nitrogens is 2. The Morgan fingerprint density at radius 1 is 1.29 bits per heavy atom. The van der Waals surface area contributed by atoms with Crippen LogP contribution in [-0.4, -0.2) is 26.7 Å². The van der Waals surface area contributed by atoms with Crippen LogP contribution in [0.2, 0.25) is 5.02 Å². The van der Waals surface area contributed by atoms with E-state index in [2.05, 4.69) is 15.3 Å². The Hall–Kier alpha value is -2.51. The van der Waals surface area contributed by atoms with E-state index in [0.717, 1.165) is 11.8 Å². The number of benzene rings is 2. The number of para-hydroxylation sites is 1. The number of hydrogen-bond acceptors (Lipinski definition) is 5. The second-order valence-electron chi connectivity index (χ2n) is 4.89. The molecule has 3 N–H and O–H groups in total. The number of rotatable bonds is 4. The van der Waals surface area contributed by atoms with Crippen molar-refractivity contribution < 1.29 is 9.90 Å². The third kappa shape index (κ3) is 3.69. The predicted octanol–water partition coefficient (Wildman–Crippen LogP) is 3.01. The van der Waals surface area contributed by atoms with Crippen LogP contribution < -0.4 is 10.9 Å². The largest absolute Gasteiger partial charge is 0.506 e. The molecule has 0 atom stereocenters. The number of aromatic amines is 1. The number of halogens is 1. The molecule has 0 saturated heterocycles. The van der Waals surface area contributed by atoms with Gasteiger partial charge in [0.25, 0.3) is 5.56 Å². The van der Waals surface area contributed by atoms with E-state index < -0.39 is 0 Å². The van der Waals surface area contributed by atoms with Gasteiger partial charge in [0, 0.05) is 11.1 Å². The Labute approximate surface area is 145 Å². The second kappa shape index (κ2) is 6.94. The quantitative estimate of drug-likeness (QED) is 0.377. The van der Waals surface area contributed by atoms with E-state index >= 15 is 0 Å². The van der Waals surface area contributed by atoms with E-state index in [1.54, 1.807) is 30.3 Å². The zero-order valence-corrected chi connectivity index (χ0v) is 13.8. The van der Waals surface area contributed by atoms with Gasteiger partial charge < -0.3 is 15.4 Å². The molecule has 1 aromatic heterocycles. The molecule has 24 heavy (non-hydrogen) atoms. The van der Waals surface area contributed by atoms with E-state index in [0.29, 0.717) is 21.1 Å². The average Bonchev–Trinajstić information content (AvgIpc) is 2.56. The molecule has 0 aliphatic heterocycles. The summed E-state index contributed by atoms with van der Waals surface area (Å²) < 4.78 is 0. The molecule has 3 aromatic rings. The van der Waals surface area contributed by atoms with Gasteiger partial charge in [-0.2, -0.15) is 0 Å². The number of carbonyl (C=O) groups is 1. The molecule has 0 fully saturated rings. The van der Waals surface area contributed by atoms with E-state index in [4.69, 9.17) is 11.6 Å². The van der Waals surface area contributed by atoms with Gasteiger partial charge in [-0.3, -0.25) is 9.59 Å². The lowest BCUT2D eigenvalue weighted by atomic mass is 10.2. The highest BCUT2D eigenvalue weighted by Crippen LogP contribution is 2.26. The van der Waals surface area contributed by atoms with Gasteiger partial charge in [-0.25, -0.2) is 4.98 Å². The molecule has 1 amide bonds. The number of amides is 1.